The van der Waals surface area contributed by atoms with Gasteiger partial charge in [0.25, 0.3) is 12.0 Å². The summed E-state index contributed by atoms with van der Waals surface area (Å²) >= 11 is 0. The Kier molecular flexibility index (Phi) is 4.95. The summed E-state index contributed by atoms with van der Waals surface area (Å²) in [6, 6.07) is 0.796. The van der Waals surface area contributed by atoms with Crippen LogP contribution in [0.3, 0.4) is 0 Å². The van der Waals surface area contributed by atoms with Crippen LogP contribution in [0.4, 0.5) is 26.3 Å². The molecule has 0 bridgehead atoms. The van der Waals surface area contributed by atoms with E-state index in [2.05, 4.69) is 24.7 Å². The molecule has 2 atom stereocenters. The number of pyridine rings is 1. The quantitative estimate of drug-likeness (QED) is 0.687. The molecule has 3 rings (SSSR count). The third-order valence-corrected chi connectivity index (χ3v) is 3.71. The van der Waals surface area contributed by atoms with Gasteiger partial charge in [-0.25, -0.2) is 9.37 Å². The van der Waals surface area contributed by atoms with Crippen LogP contribution in [-0.4, -0.2) is 41.7 Å². The summed E-state index contributed by atoms with van der Waals surface area (Å²) < 4.78 is 87.7. The number of hydroxylamine groups is 2. The smallest absolute Gasteiger partial charge is 0.425 e. The molecule has 2 aliphatic rings. The van der Waals surface area contributed by atoms with E-state index in [1.807, 2.05) is 0 Å². The molecule has 0 amide bonds. The fourth-order valence-electron chi connectivity index (χ4n) is 2.16. The second kappa shape index (κ2) is 6.96. The van der Waals surface area contributed by atoms with Crippen molar-refractivity contribution in [1.29, 1.82) is 0 Å². The van der Waals surface area contributed by atoms with Gasteiger partial charge in [-0.15, -0.1) is 10.2 Å². The Bertz CT molecular complexity index is 855. The zero-order chi connectivity index (χ0) is 20.7. The lowest BCUT2D eigenvalue weighted by Gasteiger charge is -2.30. The van der Waals surface area contributed by atoms with Crippen molar-refractivity contribution in [2.75, 3.05) is 7.11 Å². The minimum Gasteiger partial charge on any atom is -0.463 e. The molecule has 0 saturated heterocycles. The van der Waals surface area contributed by atoms with Gasteiger partial charge >= 0.3 is 12.3 Å². The van der Waals surface area contributed by atoms with Crippen LogP contribution in [0.2, 0.25) is 0 Å². The van der Waals surface area contributed by atoms with E-state index in [0.29, 0.717) is 12.0 Å². The number of fused-ring (bicyclic) bond motifs is 1. The minimum atomic E-state index is -4.70. The number of hydrogen-bond donors (Lipinski definition) is 0. The van der Waals surface area contributed by atoms with E-state index < -0.39 is 36.3 Å². The van der Waals surface area contributed by atoms with Gasteiger partial charge in [0, 0.05) is 18.9 Å². The third kappa shape index (κ3) is 3.74. The normalized spacial score (nSPS) is 20.3. The number of aromatic nitrogens is 1. The summed E-state index contributed by atoms with van der Waals surface area (Å²) in [6.45, 7) is 0.699. The number of azo groups is 1. The summed E-state index contributed by atoms with van der Waals surface area (Å²) in [4.78, 5) is 8.78. The van der Waals surface area contributed by atoms with Gasteiger partial charge in [0.1, 0.15) is 0 Å². The van der Waals surface area contributed by atoms with E-state index in [1.165, 1.54) is 12.2 Å². The number of alkyl halides is 5. The Labute approximate surface area is 153 Å². The maximum absolute atomic E-state index is 14.1. The largest absolute Gasteiger partial charge is 0.463 e. The van der Waals surface area contributed by atoms with Crippen molar-refractivity contribution in [3.05, 3.63) is 41.6 Å². The first-order chi connectivity index (χ1) is 13.0. The molecule has 7 nitrogen and oxygen atoms in total. The van der Waals surface area contributed by atoms with Gasteiger partial charge in [0.2, 0.25) is 0 Å². The minimum absolute atomic E-state index is 0.0359. The lowest BCUT2D eigenvalue weighted by Crippen LogP contribution is -2.44. The predicted molar refractivity (Wildman–Crippen MR) is 79.9 cm³/mol. The highest BCUT2D eigenvalue weighted by Crippen LogP contribution is 2.38. The second-order valence-corrected chi connectivity index (χ2v) is 5.64. The molecule has 0 radical (unpaired) electrons. The topological polar surface area (TPSA) is 68.5 Å². The van der Waals surface area contributed by atoms with E-state index in [1.54, 1.807) is 0 Å². The third-order valence-electron chi connectivity index (χ3n) is 3.71. The highest BCUT2D eigenvalue weighted by atomic mass is 19.4. The van der Waals surface area contributed by atoms with Crippen LogP contribution in [0.15, 0.2) is 40.5 Å². The Balaban J connectivity index is 1.80. The first-order valence-electron chi connectivity index (χ1n) is 7.65. The number of halogens is 6. The maximum Gasteiger partial charge on any atom is 0.425 e. The first kappa shape index (κ1) is 19.9. The molecular weight excluding hydrogens is 398 g/mol. The molecule has 1 aromatic rings. The van der Waals surface area contributed by atoms with E-state index in [0.717, 1.165) is 19.4 Å². The molecule has 0 aliphatic carbocycles. The average molecular weight is 410 g/mol. The molecule has 3 heterocycles. The first-order valence-corrected chi connectivity index (χ1v) is 7.65. The Morgan fingerprint density at radius 3 is 2.54 bits per heavy atom. The molecule has 0 fully saturated rings. The van der Waals surface area contributed by atoms with Gasteiger partial charge in [-0.3, -0.25) is 0 Å². The summed E-state index contributed by atoms with van der Waals surface area (Å²) in [5.74, 6) is -2.22. The number of allylic oxidation sites excluding steroid dienone is 2. The number of hydrogen-bond acceptors (Lipinski definition) is 7. The van der Waals surface area contributed by atoms with E-state index in [4.69, 9.17) is 4.84 Å². The van der Waals surface area contributed by atoms with Crippen molar-refractivity contribution >= 4 is 5.76 Å². The molecule has 0 aromatic carbocycles. The van der Waals surface area contributed by atoms with Crippen LogP contribution < -0.4 is 4.74 Å². The highest BCUT2D eigenvalue weighted by molar-refractivity contribution is 5.62. The number of methoxy groups -OCH3 is 1. The van der Waals surface area contributed by atoms with E-state index >= 15 is 0 Å². The second-order valence-electron chi connectivity index (χ2n) is 5.64. The van der Waals surface area contributed by atoms with Crippen molar-refractivity contribution in [1.82, 2.24) is 10.0 Å². The Morgan fingerprint density at radius 1 is 1.21 bits per heavy atom. The summed E-state index contributed by atoms with van der Waals surface area (Å²) in [7, 11) is 0.776. The van der Waals surface area contributed by atoms with Crippen LogP contribution in [0.25, 0.3) is 5.76 Å². The van der Waals surface area contributed by atoms with Gasteiger partial charge in [-0.05, 0) is 25.1 Å². The van der Waals surface area contributed by atoms with Gasteiger partial charge in [-0.1, -0.05) is 0 Å². The molecule has 0 spiro atoms. The van der Waals surface area contributed by atoms with Crippen molar-refractivity contribution in [2.45, 2.75) is 31.5 Å². The molecule has 1 unspecified atom stereocenters. The predicted octanol–water partition coefficient (Wildman–Crippen LogP) is 4.01. The molecule has 13 heteroatoms. The maximum atomic E-state index is 14.1. The van der Waals surface area contributed by atoms with Gasteiger partial charge in [0.05, 0.1) is 0 Å². The number of rotatable bonds is 5. The summed E-state index contributed by atoms with van der Waals surface area (Å²) in [5.41, 5.74) is -0.0359. The monoisotopic (exact) mass is 410 g/mol. The van der Waals surface area contributed by atoms with E-state index in [-0.39, 0.29) is 17.1 Å². The van der Waals surface area contributed by atoms with Crippen molar-refractivity contribution in [2.24, 2.45) is 10.2 Å². The summed E-state index contributed by atoms with van der Waals surface area (Å²) in [5, 5.41) is 7.57. The molecule has 152 valence electrons. The molecule has 0 saturated carbocycles. The zero-order valence-corrected chi connectivity index (χ0v) is 14.2. The molecular formula is C15H12F6N4O3. The molecule has 2 aliphatic heterocycles. The Hall–Kier alpha value is -2.83. The molecule has 1 aromatic heterocycles. The highest BCUT2D eigenvalue weighted by Gasteiger charge is 2.50. The van der Waals surface area contributed by atoms with Crippen LogP contribution in [0, 0.1) is 5.82 Å². The van der Waals surface area contributed by atoms with Gasteiger partial charge in [-0.2, -0.15) is 27.0 Å². The van der Waals surface area contributed by atoms with Crippen molar-refractivity contribution in [3.8, 4) is 5.88 Å². The van der Waals surface area contributed by atoms with Crippen LogP contribution >= 0.6 is 0 Å². The van der Waals surface area contributed by atoms with Crippen LogP contribution in [0.1, 0.15) is 12.5 Å². The molecule has 0 N–H and O–H groups in total. The lowest BCUT2D eigenvalue weighted by molar-refractivity contribution is -0.284. The van der Waals surface area contributed by atoms with Crippen molar-refractivity contribution < 1.29 is 40.7 Å². The number of nitrogens with zero attached hydrogens (tertiary/aromatic N) is 4. The summed E-state index contributed by atoms with van der Waals surface area (Å²) in [6.07, 6.45) is -9.08. The lowest BCUT2D eigenvalue weighted by atomic mass is 10.2. The van der Waals surface area contributed by atoms with Gasteiger partial charge < -0.3 is 14.3 Å². The average Bonchev–Trinajstić information content (AvgIpc) is 3.06. The van der Waals surface area contributed by atoms with Gasteiger partial charge in [0.15, 0.2) is 23.5 Å². The zero-order valence-electron chi connectivity index (χ0n) is 14.2. The molecule has 28 heavy (non-hydrogen) atoms. The fourth-order valence-corrected chi connectivity index (χ4v) is 2.16. The van der Waals surface area contributed by atoms with Crippen LogP contribution in [0.5, 0.6) is 5.88 Å². The Morgan fingerprint density at radius 2 is 1.93 bits per heavy atom. The number of ether oxygens (including phenoxy) is 2. The van der Waals surface area contributed by atoms with Crippen LogP contribution in [-0.2, 0) is 9.57 Å². The standard InChI is InChI=1S/C15H12F6N4O3/c1-7(14(17,18)19)27-12-9(16)5-8(6-22-12)10-3-4-11-23-24-13(25(11)28-10)15(20,21)26-2/h3-7,13H,1-2H3/t7-,13?/m0/s1. The fraction of sp³-hybridized carbons (Fsp3) is 0.400. The van der Waals surface area contributed by atoms with E-state index in [9.17, 15) is 26.3 Å². The van der Waals surface area contributed by atoms with Crippen molar-refractivity contribution in [3.63, 3.8) is 0 Å². The SMILES string of the molecule is COC(F)(F)C1N=NC2=CC=C(c3cnc(O[C@@H](C)C(F)(F)F)c(F)c3)ON21.